The Kier molecular flexibility index (Phi) is 4.54. The highest BCUT2D eigenvalue weighted by atomic mass is 14.8. The van der Waals surface area contributed by atoms with Crippen LogP contribution >= 0.6 is 0 Å². The topological polar surface area (TPSA) is 15.8 Å². The molecule has 0 aromatic carbocycles. The third-order valence-electron chi connectivity index (χ3n) is 5.06. The van der Waals surface area contributed by atoms with Gasteiger partial charge in [-0.25, -0.2) is 0 Å². The molecule has 0 atom stereocenters. The van der Waals surface area contributed by atoms with Gasteiger partial charge >= 0.3 is 0 Å². The molecule has 0 aliphatic heterocycles. The molecule has 0 saturated heterocycles. The van der Waals surface area contributed by atoms with Crippen LogP contribution in [-0.2, 0) is 16.2 Å². The molecule has 0 radical (unpaired) electrons. The molecule has 0 unspecified atom stereocenters. The zero-order valence-electron chi connectivity index (χ0n) is 15.4. The summed E-state index contributed by atoms with van der Waals surface area (Å²) in [5.41, 5.74) is 6.51. The van der Waals surface area contributed by atoms with Crippen LogP contribution in [0.25, 0.3) is 0 Å². The number of aromatic amines is 1. The quantitative estimate of drug-likeness (QED) is 0.695. The fourth-order valence-electron chi connectivity index (χ4n) is 3.06. The molecule has 20 heavy (non-hydrogen) atoms. The van der Waals surface area contributed by atoms with E-state index in [9.17, 15) is 0 Å². The van der Waals surface area contributed by atoms with Crippen molar-refractivity contribution in [1.82, 2.24) is 4.98 Å². The van der Waals surface area contributed by atoms with Crippen LogP contribution in [0, 0.1) is 6.92 Å². The number of aromatic nitrogens is 1. The second kappa shape index (κ2) is 5.24. The number of rotatable bonds is 4. The molecular weight excluding hydrogens is 242 g/mol. The van der Waals surface area contributed by atoms with Gasteiger partial charge in [0.15, 0.2) is 0 Å². The molecule has 0 fully saturated rings. The first-order valence-electron chi connectivity index (χ1n) is 8.12. The lowest BCUT2D eigenvalue weighted by molar-refractivity contribution is 0.443. The predicted molar refractivity (Wildman–Crippen MR) is 90.9 cm³/mol. The monoisotopic (exact) mass is 277 g/mol. The molecule has 116 valence electrons. The standard InChI is InChI=1S/C19H35N/c1-11-18(7,8)14-13(3)20-16(17(4,5)6)15(14)19(9,10)12-2/h20H,11-12H2,1-10H3. The lowest BCUT2D eigenvalue weighted by atomic mass is 9.69. The van der Waals surface area contributed by atoms with Crippen LogP contribution < -0.4 is 0 Å². The van der Waals surface area contributed by atoms with Crippen LogP contribution in [0.3, 0.4) is 0 Å². The fourth-order valence-corrected chi connectivity index (χ4v) is 3.06. The molecule has 1 rings (SSSR count). The molecule has 0 aliphatic carbocycles. The fraction of sp³-hybridized carbons (Fsp3) is 0.789. The van der Waals surface area contributed by atoms with Crippen LogP contribution in [0.2, 0.25) is 0 Å². The summed E-state index contributed by atoms with van der Waals surface area (Å²) in [5.74, 6) is 0. The van der Waals surface area contributed by atoms with Crippen LogP contribution in [0.4, 0.5) is 0 Å². The lowest BCUT2D eigenvalue weighted by Gasteiger charge is -2.34. The second-order valence-corrected chi connectivity index (χ2v) is 8.60. The molecule has 0 spiro atoms. The molecule has 1 heterocycles. The number of H-pyrrole nitrogens is 1. The van der Waals surface area contributed by atoms with Gasteiger partial charge in [-0.05, 0) is 41.7 Å². The minimum absolute atomic E-state index is 0.161. The van der Waals surface area contributed by atoms with E-state index in [1.54, 1.807) is 11.1 Å². The smallest absolute Gasteiger partial charge is 0.0244 e. The average molecular weight is 277 g/mol. The van der Waals surface area contributed by atoms with Gasteiger partial charge in [0, 0.05) is 16.8 Å². The van der Waals surface area contributed by atoms with Crippen molar-refractivity contribution in [2.75, 3.05) is 0 Å². The van der Waals surface area contributed by atoms with Crippen molar-refractivity contribution in [3.05, 3.63) is 22.5 Å². The predicted octanol–water partition coefficient (Wildman–Crippen LogP) is 6.00. The molecule has 1 heteroatoms. The van der Waals surface area contributed by atoms with E-state index < -0.39 is 0 Å². The van der Waals surface area contributed by atoms with E-state index in [4.69, 9.17) is 0 Å². The van der Waals surface area contributed by atoms with Gasteiger partial charge in [-0.2, -0.15) is 0 Å². The minimum atomic E-state index is 0.161. The van der Waals surface area contributed by atoms with Gasteiger partial charge in [0.1, 0.15) is 0 Å². The highest BCUT2D eigenvalue weighted by Crippen LogP contribution is 2.44. The Bertz CT molecular complexity index is 467. The molecule has 0 saturated carbocycles. The highest BCUT2D eigenvalue weighted by molar-refractivity contribution is 5.48. The van der Waals surface area contributed by atoms with Crippen molar-refractivity contribution >= 4 is 0 Å². The molecule has 1 nitrogen and oxygen atoms in total. The van der Waals surface area contributed by atoms with Crippen molar-refractivity contribution in [3.8, 4) is 0 Å². The van der Waals surface area contributed by atoms with Gasteiger partial charge in [0.05, 0.1) is 0 Å². The summed E-state index contributed by atoms with van der Waals surface area (Å²) in [5, 5.41) is 0. The molecular formula is C19H35N. The van der Waals surface area contributed by atoms with Crippen LogP contribution in [0.5, 0.6) is 0 Å². The summed E-state index contributed by atoms with van der Waals surface area (Å²) in [7, 11) is 0. The number of hydrogen-bond acceptors (Lipinski definition) is 0. The maximum absolute atomic E-state index is 3.73. The maximum Gasteiger partial charge on any atom is 0.0244 e. The summed E-state index contributed by atoms with van der Waals surface area (Å²) in [6.45, 7) is 23.3. The molecule has 0 amide bonds. The zero-order valence-corrected chi connectivity index (χ0v) is 15.4. The maximum atomic E-state index is 3.73. The Hall–Kier alpha value is -0.720. The zero-order chi connectivity index (χ0) is 15.9. The summed E-state index contributed by atoms with van der Waals surface area (Å²) in [4.78, 5) is 3.73. The van der Waals surface area contributed by atoms with Crippen LogP contribution in [0.15, 0.2) is 0 Å². The first-order chi connectivity index (χ1) is 8.88. The van der Waals surface area contributed by atoms with E-state index in [0.29, 0.717) is 0 Å². The highest BCUT2D eigenvalue weighted by Gasteiger charge is 2.37. The Morgan fingerprint density at radius 2 is 1.15 bits per heavy atom. The van der Waals surface area contributed by atoms with E-state index in [1.807, 2.05) is 0 Å². The van der Waals surface area contributed by atoms with Crippen molar-refractivity contribution in [2.24, 2.45) is 0 Å². The van der Waals surface area contributed by atoms with E-state index in [0.717, 1.165) is 0 Å². The van der Waals surface area contributed by atoms with Crippen molar-refractivity contribution in [3.63, 3.8) is 0 Å². The molecule has 1 N–H and O–H groups in total. The van der Waals surface area contributed by atoms with Crippen molar-refractivity contribution in [2.45, 2.75) is 98.3 Å². The normalized spacial score (nSPS) is 13.9. The molecule has 1 aromatic heterocycles. The number of aryl methyl sites for hydroxylation is 1. The van der Waals surface area contributed by atoms with Crippen LogP contribution in [0.1, 0.15) is 97.7 Å². The van der Waals surface area contributed by atoms with Gasteiger partial charge in [-0.15, -0.1) is 0 Å². The van der Waals surface area contributed by atoms with Gasteiger partial charge in [0.2, 0.25) is 0 Å². The number of hydrogen-bond donors (Lipinski definition) is 1. The Morgan fingerprint density at radius 3 is 1.50 bits per heavy atom. The van der Waals surface area contributed by atoms with Gasteiger partial charge < -0.3 is 4.98 Å². The lowest BCUT2D eigenvalue weighted by Crippen LogP contribution is -2.28. The van der Waals surface area contributed by atoms with Crippen LogP contribution in [-0.4, -0.2) is 4.98 Å². The van der Waals surface area contributed by atoms with Crippen molar-refractivity contribution in [1.29, 1.82) is 0 Å². The average Bonchev–Trinajstić information content (AvgIpc) is 2.68. The van der Waals surface area contributed by atoms with E-state index in [1.165, 1.54) is 24.2 Å². The third-order valence-corrected chi connectivity index (χ3v) is 5.06. The Morgan fingerprint density at radius 1 is 0.750 bits per heavy atom. The first-order valence-corrected chi connectivity index (χ1v) is 8.12. The summed E-state index contributed by atoms with van der Waals surface area (Å²) in [6, 6.07) is 0. The molecule has 1 aromatic rings. The van der Waals surface area contributed by atoms with Crippen molar-refractivity contribution < 1.29 is 0 Å². The van der Waals surface area contributed by atoms with Gasteiger partial charge in [0.25, 0.3) is 0 Å². The Balaban J connectivity index is 3.74. The SMILES string of the molecule is CCC(C)(C)c1c(C)[nH]c(C(C)(C)C)c1C(C)(C)CC. The largest absolute Gasteiger partial charge is 0.362 e. The Labute approximate surface area is 126 Å². The van der Waals surface area contributed by atoms with E-state index in [-0.39, 0.29) is 16.2 Å². The minimum Gasteiger partial charge on any atom is -0.362 e. The summed E-state index contributed by atoms with van der Waals surface area (Å²) in [6.07, 6.45) is 2.34. The van der Waals surface area contributed by atoms with Gasteiger partial charge in [-0.3, -0.25) is 0 Å². The first kappa shape index (κ1) is 17.3. The summed E-state index contributed by atoms with van der Waals surface area (Å²) < 4.78 is 0. The second-order valence-electron chi connectivity index (χ2n) is 8.60. The summed E-state index contributed by atoms with van der Waals surface area (Å²) >= 11 is 0. The molecule has 0 aliphatic rings. The molecule has 0 bridgehead atoms. The third kappa shape index (κ3) is 2.97. The van der Waals surface area contributed by atoms with E-state index in [2.05, 4.69) is 74.2 Å². The van der Waals surface area contributed by atoms with Gasteiger partial charge in [-0.1, -0.05) is 62.3 Å². The van der Waals surface area contributed by atoms with E-state index >= 15 is 0 Å². The number of nitrogens with one attached hydrogen (secondary N) is 1.